The third kappa shape index (κ3) is 9.77. The number of carbonyl (C=O) groups is 2. The van der Waals surface area contributed by atoms with Gasteiger partial charge in [-0.3, -0.25) is 0 Å². The summed E-state index contributed by atoms with van der Waals surface area (Å²) in [4.78, 5) is 25.3. The normalized spacial score (nSPS) is 12.1. The zero-order valence-corrected chi connectivity index (χ0v) is 20.4. The van der Waals surface area contributed by atoms with Crippen LogP contribution in [0.5, 0.6) is 11.5 Å². The molecule has 1 N–H and O–H groups in total. The molecule has 2 aromatic rings. The maximum atomic E-state index is 13.0. The summed E-state index contributed by atoms with van der Waals surface area (Å²) < 4.78 is 55.0. The van der Waals surface area contributed by atoms with Crippen molar-refractivity contribution >= 4 is 12.1 Å². The Morgan fingerprint density at radius 2 is 1.72 bits per heavy atom. The van der Waals surface area contributed by atoms with Crippen molar-refractivity contribution in [1.29, 1.82) is 0 Å². The van der Waals surface area contributed by atoms with E-state index in [2.05, 4.69) is 0 Å². The van der Waals surface area contributed by atoms with Crippen molar-refractivity contribution in [3.8, 4) is 11.5 Å². The number of rotatable bonds is 14. The van der Waals surface area contributed by atoms with Crippen LogP contribution >= 0.6 is 0 Å². The van der Waals surface area contributed by atoms with Crippen LogP contribution in [0.3, 0.4) is 0 Å². The van der Waals surface area contributed by atoms with E-state index in [0.29, 0.717) is 25.3 Å². The lowest BCUT2D eigenvalue weighted by atomic mass is 10.1. The first kappa shape index (κ1) is 29.0. The maximum Gasteiger partial charge on any atom is 0.416 e. The summed E-state index contributed by atoms with van der Waals surface area (Å²) in [7, 11) is 0. The topological polar surface area (TPSA) is 85.3 Å². The van der Waals surface area contributed by atoms with Crippen molar-refractivity contribution in [2.24, 2.45) is 0 Å². The summed E-state index contributed by atoms with van der Waals surface area (Å²) in [5, 5.41) is 9.21. The molecule has 2 aromatic carbocycles. The predicted molar refractivity (Wildman–Crippen MR) is 127 cm³/mol. The van der Waals surface area contributed by atoms with Crippen molar-refractivity contribution in [2.45, 2.75) is 51.8 Å². The van der Waals surface area contributed by atoms with Gasteiger partial charge in [0.15, 0.2) is 6.10 Å². The third-order valence-electron chi connectivity index (χ3n) is 5.27. The summed E-state index contributed by atoms with van der Waals surface area (Å²) in [6.45, 7) is 4.73. The SMILES string of the molecule is CCCCCN(CCOc1ccc(CC(OCC)C(=O)O)cc1)C(=O)Oc1cccc(C(F)(F)F)c1. The van der Waals surface area contributed by atoms with E-state index in [9.17, 15) is 27.9 Å². The highest BCUT2D eigenvalue weighted by molar-refractivity contribution is 5.72. The molecule has 0 aliphatic heterocycles. The number of nitrogens with zero attached hydrogens (tertiary/aromatic N) is 1. The number of hydrogen-bond acceptors (Lipinski definition) is 5. The van der Waals surface area contributed by atoms with Crippen LogP contribution in [0.1, 0.15) is 44.2 Å². The first-order valence-electron chi connectivity index (χ1n) is 11.8. The number of halogens is 3. The maximum absolute atomic E-state index is 13.0. The van der Waals surface area contributed by atoms with Gasteiger partial charge in [0, 0.05) is 19.6 Å². The molecule has 0 heterocycles. The number of aliphatic carboxylic acids is 1. The Kier molecular flexibility index (Phi) is 11.5. The molecular formula is C26H32F3NO6. The molecule has 0 fully saturated rings. The largest absolute Gasteiger partial charge is 0.492 e. The fraction of sp³-hybridized carbons (Fsp3) is 0.462. The van der Waals surface area contributed by atoms with Crippen LogP contribution in [-0.2, 0) is 22.1 Å². The van der Waals surface area contributed by atoms with Crippen LogP contribution in [0.25, 0.3) is 0 Å². The highest BCUT2D eigenvalue weighted by Crippen LogP contribution is 2.31. The Hall–Kier alpha value is -3.27. The molecule has 1 atom stereocenters. The summed E-state index contributed by atoms with van der Waals surface area (Å²) in [5.41, 5.74) is -0.123. The molecule has 0 bridgehead atoms. The van der Waals surface area contributed by atoms with E-state index < -0.39 is 29.9 Å². The Bertz CT molecular complexity index is 965. The molecule has 0 saturated carbocycles. The number of hydrogen-bond donors (Lipinski definition) is 1. The first-order chi connectivity index (χ1) is 17.1. The molecule has 7 nitrogen and oxygen atoms in total. The zero-order valence-electron chi connectivity index (χ0n) is 20.4. The van der Waals surface area contributed by atoms with E-state index in [-0.39, 0.29) is 25.3 Å². The van der Waals surface area contributed by atoms with E-state index in [1.807, 2.05) is 6.92 Å². The second-order valence-electron chi connectivity index (χ2n) is 8.07. The van der Waals surface area contributed by atoms with Gasteiger partial charge in [0.05, 0.1) is 12.1 Å². The third-order valence-corrected chi connectivity index (χ3v) is 5.27. The predicted octanol–water partition coefficient (Wildman–Crippen LogP) is 5.81. The molecule has 1 amide bonds. The molecule has 1 unspecified atom stereocenters. The van der Waals surface area contributed by atoms with E-state index in [1.54, 1.807) is 31.2 Å². The van der Waals surface area contributed by atoms with Crippen LogP contribution in [0, 0.1) is 0 Å². The van der Waals surface area contributed by atoms with Gasteiger partial charge in [0.2, 0.25) is 0 Å². The van der Waals surface area contributed by atoms with Gasteiger partial charge >= 0.3 is 18.2 Å². The van der Waals surface area contributed by atoms with Crippen LogP contribution in [-0.4, -0.2) is 54.5 Å². The van der Waals surface area contributed by atoms with Gasteiger partial charge in [-0.25, -0.2) is 9.59 Å². The Morgan fingerprint density at radius 3 is 2.33 bits per heavy atom. The molecule has 0 spiro atoms. The fourth-order valence-electron chi connectivity index (χ4n) is 3.38. The van der Waals surface area contributed by atoms with Crippen molar-refractivity contribution < 1.29 is 42.1 Å². The van der Waals surface area contributed by atoms with Crippen LogP contribution in [0.2, 0.25) is 0 Å². The van der Waals surface area contributed by atoms with E-state index in [1.165, 1.54) is 17.0 Å². The lowest BCUT2D eigenvalue weighted by Gasteiger charge is -2.22. The second kappa shape index (κ2) is 14.3. The van der Waals surface area contributed by atoms with Crippen molar-refractivity contribution in [2.75, 3.05) is 26.3 Å². The number of benzene rings is 2. The molecule has 0 aromatic heterocycles. The highest BCUT2D eigenvalue weighted by atomic mass is 19.4. The second-order valence-corrected chi connectivity index (χ2v) is 8.07. The number of carboxylic acid groups (broad SMARTS) is 1. The minimum atomic E-state index is -4.54. The number of unbranched alkanes of at least 4 members (excludes halogenated alkanes) is 2. The highest BCUT2D eigenvalue weighted by Gasteiger charge is 2.31. The smallest absolute Gasteiger partial charge is 0.416 e. The molecule has 198 valence electrons. The number of ether oxygens (including phenoxy) is 3. The Labute approximate surface area is 208 Å². The molecule has 36 heavy (non-hydrogen) atoms. The van der Waals surface area contributed by atoms with Gasteiger partial charge in [-0.2, -0.15) is 13.2 Å². The minimum Gasteiger partial charge on any atom is -0.492 e. The Morgan fingerprint density at radius 1 is 1.00 bits per heavy atom. The van der Waals surface area contributed by atoms with Crippen LogP contribution in [0.4, 0.5) is 18.0 Å². The zero-order chi connectivity index (χ0) is 26.6. The van der Waals surface area contributed by atoms with Gasteiger partial charge < -0.3 is 24.2 Å². The van der Waals surface area contributed by atoms with Crippen molar-refractivity contribution in [1.82, 2.24) is 4.90 Å². The summed E-state index contributed by atoms with van der Waals surface area (Å²) >= 11 is 0. The molecule has 0 aliphatic carbocycles. The van der Waals surface area contributed by atoms with Crippen molar-refractivity contribution in [3.63, 3.8) is 0 Å². The minimum absolute atomic E-state index is 0.139. The molecule has 0 aliphatic rings. The molecular weight excluding hydrogens is 479 g/mol. The van der Waals surface area contributed by atoms with Gasteiger partial charge in [-0.05, 0) is 49.2 Å². The number of carbonyl (C=O) groups excluding carboxylic acids is 1. The fourth-order valence-corrected chi connectivity index (χ4v) is 3.38. The summed E-state index contributed by atoms with van der Waals surface area (Å²) in [6.07, 6.45) is -3.46. The monoisotopic (exact) mass is 511 g/mol. The lowest BCUT2D eigenvalue weighted by Crippen LogP contribution is -2.37. The molecule has 0 radical (unpaired) electrons. The number of carboxylic acids is 1. The number of alkyl halides is 3. The van der Waals surface area contributed by atoms with E-state index >= 15 is 0 Å². The summed E-state index contributed by atoms with van der Waals surface area (Å²) in [5.74, 6) is -0.683. The van der Waals surface area contributed by atoms with Gasteiger partial charge in [-0.15, -0.1) is 0 Å². The average molecular weight is 512 g/mol. The summed E-state index contributed by atoms with van der Waals surface area (Å²) in [6, 6.07) is 11.1. The van der Waals surface area contributed by atoms with Crippen molar-refractivity contribution in [3.05, 3.63) is 59.7 Å². The molecule has 10 heteroatoms. The van der Waals surface area contributed by atoms with Crippen LogP contribution in [0.15, 0.2) is 48.5 Å². The van der Waals surface area contributed by atoms with Gasteiger partial charge in [0.1, 0.15) is 18.1 Å². The quantitative estimate of drug-likeness (QED) is 0.322. The first-order valence-corrected chi connectivity index (χ1v) is 11.8. The Balaban J connectivity index is 1.95. The number of amides is 1. The standard InChI is InChI=1S/C26H32F3NO6/c1-3-5-6-14-30(25(33)36-22-9-7-8-20(18-22)26(27,28)29)15-16-35-21-12-10-19(11-13-21)17-23(24(31)32)34-4-2/h7-13,18,23H,3-6,14-17H2,1-2H3,(H,31,32). The van der Waals surface area contributed by atoms with Gasteiger partial charge in [-0.1, -0.05) is 38.0 Å². The molecule has 0 saturated heterocycles. The lowest BCUT2D eigenvalue weighted by molar-refractivity contribution is -0.150. The van der Waals surface area contributed by atoms with Crippen LogP contribution < -0.4 is 9.47 Å². The van der Waals surface area contributed by atoms with Gasteiger partial charge in [0.25, 0.3) is 0 Å². The van der Waals surface area contributed by atoms with E-state index in [0.717, 1.165) is 30.5 Å². The van der Waals surface area contributed by atoms with E-state index in [4.69, 9.17) is 14.2 Å². The molecule has 2 rings (SSSR count). The average Bonchev–Trinajstić information content (AvgIpc) is 2.83.